The standard InChI is InChI=1S/C24H23FN4O4/c1-23(2,32)19-18(20(26)30)27-21-16-10-12(4-5-24(33)6-7-28(3)22(24)31)17(25)11-15(16)13-8-14(9-13)29(19)21/h8,10-11,14,32-33H,6-7,9H2,1-3H3,(H2,26,30)/t14?,24-/m1/s1. The lowest BCUT2D eigenvalue weighted by Gasteiger charge is -2.30. The van der Waals surface area contributed by atoms with Crippen LogP contribution in [0.1, 0.15) is 60.0 Å². The highest BCUT2D eigenvalue weighted by Gasteiger charge is 2.43. The van der Waals surface area contributed by atoms with Gasteiger partial charge in [-0.3, -0.25) is 9.59 Å². The van der Waals surface area contributed by atoms with E-state index >= 15 is 4.39 Å². The Bertz CT molecular complexity index is 1340. The molecule has 4 heterocycles. The molecule has 2 aromatic rings. The van der Waals surface area contributed by atoms with E-state index < -0.39 is 28.8 Å². The number of allylic oxidation sites excluding steroid dienone is 2. The molecule has 2 bridgehead atoms. The van der Waals surface area contributed by atoms with Crippen molar-refractivity contribution in [3.8, 4) is 23.2 Å². The molecule has 0 spiro atoms. The van der Waals surface area contributed by atoms with Gasteiger partial charge in [-0.1, -0.05) is 17.9 Å². The molecule has 8 nitrogen and oxygen atoms in total. The van der Waals surface area contributed by atoms with Crippen LogP contribution < -0.4 is 5.73 Å². The molecule has 4 aliphatic rings. The van der Waals surface area contributed by atoms with E-state index in [2.05, 4.69) is 16.8 Å². The number of rotatable bonds is 2. The minimum atomic E-state index is -1.86. The fraction of sp³-hybridized carbons (Fsp3) is 0.375. The molecule has 2 amide bonds. The van der Waals surface area contributed by atoms with Gasteiger partial charge in [0.1, 0.15) is 17.2 Å². The number of carbonyl (C=O) groups is 2. The minimum absolute atomic E-state index is 0.00999. The summed E-state index contributed by atoms with van der Waals surface area (Å²) in [5.74, 6) is 3.66. The maximum absolute atomic E-state index is 15.0. The molecule has 2 atom stereocenters. The zero-order chi connectivity index (χ0) is 23.9. The van der Waals surface area contributed by atoms with E-state index in [0.717, 1.165) is 5.57 Å². The number of amides is 2. The van der Waals surface area contributed by atoms with Gasteiger partial charge in [0.2, 0.25) is 5.60 Å². The minimum Gasteiger partial charge on any atom is -0.384 e. The highest BCUT2D eigenvalue weighted by molar-refractivity contribution is 5.95. The molecule has 9 heteroatoms. The van der Waals surface area contributed by atoms with Gasteiger partial charge in [-0.25, -0.2) is 9.37 Å². The highest BCUT2D eigenvalue weighted by Crippen LogP contribution is 2.49. The summed E-state index contributed by atoms with van der Waals surface area (Å²) in [4.78, 5) is 30.2. The number of benzene rings is 1. The summed E-state index contributed by atoms with van der Waals surface area (Å²) < 4.78 is 16.8. The fourth-order valence-electron chi connectivity index (χ4n) is 4.75. The van der Waals surface area contributed by atoms with E-state index in [4.69, 9.17) is 5.73 Å². The van der Waals surface area contributed by atoms with Crippen LogP contribution in [0.15, 0.2) is 18.2 Å². The second-order valence-corrected chi connectivity index (χ2v) is 9.35. The van der Waals surface area contributed by atoms with E-state index in [0.29, 0.717) is 35.6 Å². The van der Waals surface area contributed by atoms with Crippen LogP contribution in [0, 0.1) is 17.7 Å². The van der Waals surface area contributed by atoms with Gasteiger partial charge in [-0.15, -0.1) is 0 Å². The van der Waals surface area contributed by atoms with Gasteiger partial charge >= 0.3 is 0 Å². The summed E-state index contributed by atoms with van der Waals surface area (Å²) in [5.41, 5.74) is 4.62. The Morgan fingerprint density at radius 3 is 2.64 bits per heavy atom. The van der Waals surface area contributed by atoms with Crippen molar-refractivity contribution >= 4 is 17.4 Å². The molecular formula is C24H23FN4O4. The van der Waals surface area contributed by atoms with Crippen LogP contribution >= 0.6 is 0 Å². The highest BCUT2D eigenvalue weighted by atomic mass is 19.1. The number of primary amides is 1. The number of likely N-dealkylation sites (tertiary alicyclic amines) is 1. The van der Waals surface area contributed by atoms with E-state index in [-0.39, 0.29) is 23.7 Å². The number of hydrogen-bond acceptors (Lipinski definition) is 5. The summed E-state index contributed by atoms with van der Waals surface area (Å²) in [6.07, 6.45) is 2.66. The van der Waals surface area contributed by atoms with Crippen molar-refractivity contribution in [3.63, 3.8) is 0 Å². The second-order valence-electron chi connectivity index (χ2n) is 9.35. The van der Waals surface area contributed by atoms with Crippen molar-refractivity contribution < 1.29 is 24.2 Å². The predicted molar refractivity (Wildman–Crippen MR) is 117 cm³/mol. The Hall–Kier alpha value is -3.48. The van der Waals surface area contributed by atoms with Crippen LogP contribution in [-0.2, 0) is 10.4 Å². The van der Waals surface area contributed by atoms with E-state index in [1.165, 1.54) is 17.0 Å². The molecular weight excluding hydrogens is 427 g/mol. The van der Waals surface area contributed by atoms with Crippen molar-refractivity contribution in [1.29, 1.82) is 0 Å². The first kappa shape index (κ1) is 21.4. The molecule has 1 saturated heterocycles. The summed E-state index contributed by atoms with van der Waals surface area (Å²) in [6.45, 7) is 3.46. The number of carbonyl (C=O) groups excluding carboxylic acids is 2. The van der Waals surface area contributed by atoms with Gasteiger partial charge in [-0.2, -0.15) is 0 Å². The molecule has 1 aromatic heterocycles. The molecule has 6 rings (SSSR count). The van der Waals surface area contributed by atoms with Crippen LogP contribution in [0.3, 0.4) is 0 Å². The average molecular weight is 450 g/mol. The molecule has 1 unspecified atom stereocenters. The lowest BCUT2D eigenvalue weighted by atomic mass is 9.86. The summed E-state index contributed by atoms with van der Waals surface area (Å²) in [5, 5.41) is 21.4. The van der Waals surface area contributed by atoms with Crippen molar-refractivity contribution in [2.24, 2.45) is 5.73 Å². The third-order valence-corrected chi connectivity index (χ3v) is 6.49. The van der Waals surface area contributed by atoms with E-state index in [1.54, 1.807) is 25.5 Å². The number of imidazole rings is 1. The Balaban J connectivity index is 1.70. The lowest BCUT2D eigenvalue weighted by Crippen LogP contribution is -2.37. The molecule has 0 radical (unpaired) electrons. The maximum Gasteiger partial charge on any atom is 0.269 e. The summed E-state index contributed by atoms with van der Waals surface area (Å²) in [7, 11) is 1.57. The number of nitrogens with two attached hydrogens (primary N) is 1. The molecule has 4 N–H and O–H groups in total. The zero-order valence-corrected chi connectivity index (χ0v) is 18.4. The Kier molecular flexibility index (Phi) is 4.38. The number of aliphatic hydroxyl groups is 2. The SMILES string of the molecule is CN1CC[C@](O)(C#Cc2cc3c(cc2F)C2=CC(C2)n2c-3nc(C(N)=O)c2C(C)(C)O)C1=O. The number of halogens is 1. The van der Waals surface area contributed by atoms with Crippen LogP contribution in [0.25, 0.3) is 17.0 Å². The topological polar surface area (TPSA) is 122 Å². The number of aromatic nitrogens is 2. The largest absolute Gasteiger partial charge is 0.384 e. The first-order chi connectivity index (χ1) is 15.4. The van der Waals surface area contributed by atoms with Crippen LogP contribution in [-0.4, -0.2) is 55.7 Å². The van der Waals surface area contributed by atoms with E-state index in [9.17, 15) is 19.8 Å². The van der Waals surface area contributed by atoms with Crippen LogP contribution in [0.4, 0.5) is 4.39 Å². The fourth-order valence-corrected chi connectivity index (χ4v) is 4.75. The molecule has 170 valence electrons. The van der Waals surface area contributed by atoms with Crippen molar-refractivity contribution in [3.05, 3.63) is 46.5 Å². The Labute approximate surface area is 189 Å². The number of likely N-dealkylation sites (N-methyl/N-ethyl adjacent to an activating group) is 1. The number of nitrogens with zero attached hydrogens (tertiary/aromatic N) is 3. The molecule has 3 aliphatic heterocycles. The first-order valence-electron chi connectivity index (χ1n) is 10.6. The van der Waals surface area contributed by atoms with Gasteiger partial charge in [0.05, 0.1) is 17.3 Å². The number of hydrogen-bond donors (Lipinski definition) is 3. The van der Waals surface area contributed by atoms with Gasteiger partial charge in [0, 0.05) is 25.6 Å². The quantitative estimate of drug-likeness (QED) is 0.596. The average Bonchev–Trinajstić information content (AvgIpc) is 3.13. The predicted octanol–water partition coefficient (Wildman–Crippen LogP) is 1.30. The van der Waals surface area contributed by atoms with Gasteiger partial charge in [0.15, 0.2) is 5.69 Å². The third-order valence-electron chi connectivity index (χ3n) is 6.49. The van der Waals surface area contributed by atoms with Gasteiger partial charge in [0.25, 0.3) is 11.8 Å². The summed E-state index contributed by atoms with van der Waals surface area (Å²) >= 11 is 0. The maximum atomic E-state index is 15.0. The smallest absolute Gasteiger partial charge is 0.269 e. The van der Waals surface area contributed by atoms with Crippen molar-refractivity contribution in [2.75, 3.05) is 13.6 Å². The molecule has 1 aromatic carbocycles. The van der Waals surface area contributed by atoms with Crippen molar-refractivity contribution in [2.45, 2.75) is 43.9 Å². The second kappa shape index (κ2) is 6.76. The Morgan fingerprint density at radius 2 is 2.06 bits per heavy atom. The van der Waals surface area contributed by atoms with Gasteiger partial charge in [-0.05, 0) is 43.5 Å². The zero-order valence-electron chi connectivity index (χ0n) is 18.4. The first-order valence-corrected chi connectivity index (χ1v) is 10.6. The lowest BCUT2D eigenvalue weighted by molar-refractivity contribution is -0.137. The Morgan fingerprint density at radius 1 is 1.36 bits per heavy atom. The molecule has 1 aliphatic carbocycles. The summed E-state index contributed by atoms with van der Waals surface area (Å²) in [6, 6.07) is 2.70. The molecule has 1 fully saturated rings. The monoisotopic (exact) mass is 450 g/mol. The normalized spacial score (nSPS) is 23.1. The van der Waals surface area contributed by atoms with Crippen LogP contribution in [0.2, 0.25) is 0 Å². The molecule has 33 heavy (non-hydrogen) atoms. The molecule has 0 saturated carbocycles. The van der Waals surface area contributed by atoms with Crippen LogP contribution in [0.5, 0.6) is 0 Å². The third kappa shape index (κ3) is 3.09. The van der Waals surface area contributed by atoms with Gasteiger partial charge < -0.3 is 25.4 Å². The van der Waals surface area contributed by atoms with E-state index in [1.807, 2.05) is 6.08 Å². The van der Waals surface area contributed by atoms with Crippen molar-refractivity contribution in [1.82, 2.24) is 14.5 Å².